The smallest absolute Gasteiger partial charge is 0.241 e. The van der Waals surface area contributed by atoms with E-state index in [0.29, 0.717) is 13.1 Å². The van der Waals surface area contributed by atoms with E-state index in [1.807, 2.05) is 24.1 Å². The molecule has 1 aromatic heterocycles. The zero-order chi connectivity index (χ0) is 12.1. The van der Waals surface area contributed by atoms with E-state index in [9.17, 15) is 4.79 Å². The van der Waals surface area contributed by atoms with Gasteiger partial charge in [-0.3, -0.25) is 9.78 Å². The fraction of sp³-hybridized carbons (Fsp3) is 0.455. The molecule has 0 spiro atoms. The van der Waals surface area contributed by atoms with E-state index in [2.05, 4.69) is 4.98 Å². The predicted octanol–water partition coefficient (Wildman–Crippen LogP) is 0.0647. The molecule has 0 bridgehead atoms. The number of aromatic nitrogens is 1. The molecule has 0 aliphatic rings. The van der Waals surface area contributed by atoms with Gasteiger partial charge in [-0.25, -0.2) is 0 Å². The topological polar surface area (TPSA) is 62.5 Å². The monoisotopic (exact) mass is 222 g/mol. The summed E-state index contributed by atoms with van der Waals surface area (Å²) in [4.78, 5) is 19.1. The molecule has 0 aliphatic carbocycles. The molecule has 1 amide bonds. The van der Waals surface area contributed by atoms with Crippen LogP contribution in [0.2, 0.25) is 0 Å². The highest BCUT2D eigenvalue weighted by Gasteiger charge is 2.09. The quantitative estimate of drug-likeness (QED) is 0.782. The van der Waals surface area contributed by atoms with Crippen LogP contribution < -0.4 is 10.6 Å². The second-order valence-corrected chi connectivity index (χ2v) is 3.85. The third-order valence-electron chi connectivity index (χ3n) is 2.32. The Morgan fingerprint density at radius 3 is 2.69 bits per heavy atom. The van der Waals surface area contributed by atoms with E-state index in [4.69, 9.17) is 5.73 Å². The number of carbonyl (C=O) groups is 1. The largest absolute Gasteiger partial charge is 0.365 e. The van der Waals surface area contributed by atoms with Crippen LogP contribution in [0.4, 0.5) is 5.69 Å². The van der Waals surface area contributed by atoms with Gasteiger partial charge >= 0.3 is 0 Å². The lowest BCUT2D eigenvalue weighted by Gasteiger charge is -2.21. The minimum Gasteiger partial charge on any atom is -0.365 e. The summed E-state index contributed by atoms with van der Waals surface area (Å²) in [7, 11) is 5.36. The van der Waals surface area contributed by atoms with Crippen LogP contribution >= 0.6 is 0 Å². The number of amides is 1. The van der Waals surface area contributed by atoms with Crippen molar-refractivity contribution in [1.82, 2.24) is 9.88 Å². The third-order valence-corrected chi connectivity index (χ3v) is 2.32. The number of carbonyl (C=O) groups excluding carboxylic acids is 1. The van der Waals surface area contributed by atoms with Crippen LogP contribution in [0.5, 0.6) is 0 Å². The van der Waals surface area contributed by atoms with Crippen LogP contribution in [0.25, 0.3) is 0 Å². The number of rotatable bonds is 4. The second-order valence-electron chi connectivity index (χ2n) is 3.85. The van der Waals surface area contributed by atoms with Crippen LogP contribution in [0.15, 0.2) is 18.3 Å². The summed E-state index contributed by atoms with van der Waals surface area (Å²) >= 11 is 0. The Balaban J connectivity index is 2.72. The molecule has 5 heteroatoms. The summed E-state index contributed by atoms with van der Waals surface area (Å²) in [6.07, 6.45) is 1.70. The summed E-state index contributed by atoms with van der Waals surface area (Å²) in [5.74, 6) is 0.0635. The average molecular weight is 222 g/mol. The molecule has 5 nitrogen and oxygen atoms in total. The molecular formula is C11H18N4O. The zero-order valence-corrected chi connectivity index (χ0v) is 9.97. The van der Waals surface area contributed by atoms with Crippen LogP contribution in [-0.2, 0) is 11.3 Å². The minimum absolute atomic E-state index is 0.0635. The Morgan fingerprint density at radius 1 is 1.44 bits per heavy atom. The van der Waals surface area contributed by atoms with E-state index < -0.39 is 0 Å². The van der Waals surface area contributed by atoms with Crippen molar-refractivity contribution >= 4 is 11.6 Å². The Hall–Kier alpha value is -1.62. The van der Waals surface area contributed by atoms with Gasteiger partial charge in [0.15, 0.2) is 0 Å². The highest BCUT2D eigenvalue weighted by Crippen LogP contribution is 2.12. The third kappa shape index (κ3) is 3.20. The number of nitrogens with two attached hydrogens (primary N) is 1. The van der Waals surface area contributed by atoms with Gasteiger partial charge in [0.05, 0.1) is 12.2 Å². The van der Waals surface area contributed by atoms with E-state index in [1.54, 1.807) is 25.2 Å². The lowest BCUT2D eigenvalue weighted by molar-refractivity contribution is -0.127. The number of likely N-dealkylation sites (N-methyl/N-ethyl adjacent to an activating group) is 2. The summed E-state index contributed by atoms with van der Waals surface area (Å²) in [5, 5.41) is 0. The first-order chi connectivity index (χ1) is 7.54. The molecule has 0 aromatic carbocycles. The number of hydrogen-bond acceptors (Lipinski definition) is 4. The molecule has 0 aliphatic heterocycles. The lowest BCUT2D eigenvalue weighted by atomic mass is 10.3. The number of nitrogens with zero attached hydrogens (tertiary/aromatic N) is 3. The zero-order valence-electron chi connectivity index (χ0n) is 9.97. The molecule has 1 aromatic rings. The molecule has 0 radical (unpaired) electrons. The summed E-state index contributed by atoms with van der Waals surface area (Å²) in [6, 6.07) is 3.76. The van der Waals surface area contributed by atoms with Gasteiger partial charge in [-0.1, -0.05) is 0 Å². The first-order valence-electron chi connectivity index (χ1n) is 5.11. The van der Waals surface area contributed by atoms with E-state index in [1.165, 1.54) is 0 Å². The van der Waals surface area contributed by atoms with Crippen molar-refractivity contribution in [3.8, 4) is 0 Å². The normalized spacial score (nSPS) is 10.0. The van der Waals surface area contributed by atoms with Gasteiger partial charge in [-0.15, -0.1) is 0 Å². The number of pyridine rings is 1. The SMILES string of the molecule is CN(C)C(=O)CN(C)c1ccnc(CN)c1. The van der Waals surface area contributed by atoms with Crippen molar-refractivity contribution in [3.05, 3.63) is 24.0 Å². The van der Waals surface area contributed by atoms with Gasteiger partial charge in [0.25, 0.3) is 0 Å². The fourth-order valence-electron chi connectivity index (χ4n) is 1.25. The molecular weight excluding hydrogens is 204 g/mol. The Kier molecular flexibility index (Phi) is 4.25. The van der Waals surface area contributed by atoms with Crippen molar-refractivity contribution in [2.75, 3.05) is 32.6 Å². The van der Waals surface area contributed by atoms with Crippen molar-refractivity contribution in [1.29, 1.82) is 0 Å². The number of hydrogen-bond donors (Lipinski definition) is 1. The Morgan fingerprint density at radius 2 is 2.12 bits per heavy atom. The molecule has 2 N–H and O–H groups in total. The van der Waals surface area contributed by atoms with Crippen molar-refractivity contribution in [2.45, 2.75) is 6.54 Å². The summed E-state index contributed by atoms with van der Waals surface area (Å²) in [6.45, 7) is 0.754. The van der Waals surface area contributed by atoms with Gasteiger partial charge in [-0.05, 0) is 12.1 Å². The van der Waals surface area contributed by atoms with E-state index in [0.717, 1.165) is 11.4 Å². The maximum atomic E-state index is 11.5. The van der Waals surface area contributed by atoms with Crippen LogP contribution in [0.3, 0.4) is 0 Å². The first-order valence-corrected chi connectivity index (χ1v) is 5.11. The molecule has 0 saturated carbocycles. The molecule has 0 unspecified atom stereocenters. The number of anilines is 1. The molecule has 1 rings (SSSR count). The van der Waals surface area contributed by atoms with Crippen molar-refractivity contribution in [3.63, 3.8) is 0 Å². The van der Waals surface area contributed by atoms with Gasteiger partial charge in [0, 0.05) is 39.6 Å². The van der Waals surface area contributed by atoms with Gasteiger partial charge in [0.1, 0.15) is 0 Å². The second kappa shape index (κ2) is 5.46. The predicted molar refractivity (Wildman–Crippen MR) is 64.1 cm³/mol. The summed E-state index contributed by atoms with van der Waals surface area (Å²) < 4.78 is 0. The lowest BCUT2D eigenvalue weighted by Crippen LogP contribution is -2.34. The van der Waals surface area contributed by atoms with Gasteiger partial charge in [0.2, 0.25) is 5.91 Å². The molecule has 16 heavy (non-hydrogen) atoms. The van der Waals surface area contributed by atoms with Crippen LogP contribution in [-0.4, -0.2) is 43.5 Å². The molecule has 1 heterocycles. The molecule has 0 saturated heterocycles. The van der Waals surface area contributed by atoms with Gasteiger partial charge < -0.3 is 15.5 Å². The first kappa shape index (κ1) is 12.4. The van der Waals surface area contributed by atoms with Crippen molar-refractivity contribution in [2.24, 2.45) is 5.73 Å². The summed E-state index contributed by atoms with van der Waals surface area (Å²) in [5.41, 5.74) is 7.28. The van der Waals surface area contributed by atoms with Crippen molar-refractivity contribution < 1.29 is 4.79 Å². The van der Waals surface area contributed by atoms with Gasteiger partial charge in [-0.2, -0.15) is 0 Å². The highest BCUT2D eigenvalue weighted by atomic mass is 16.2. The van der Waals surface area contributed by atoms with Crippen LogP contribution in [0, 0.1) is 0 Å². The van der Waals surface area contributed by atoms with E-state index in [-0.39, 0.29) is 5.91 Å². The fourth-order valence-corrected chi connectivity index (χ4v) is 1.25. The average Bonchev–Trinajstić information content (AvgIpc) is 2.28. The molecule has 0 fully saturated rings. The highest BCUT2D eigenvalue weighted by molar-refractivity contribution is 5.80. The van der Waals surface area contributed by atoms with Crippen LogP contribution in [0.1, 0.15) is 5.69 Å². The minimum atomic E-state index is 0.0635. The standard InChI is InChI=1S/C11H18N4O/c1-14(2)11(16)8-15(3)10-4-5-13-9(6-10)7-12/h4-6H,7-8,12H2,1-3H3. The molecule has 0 atom stereocenters. The maximum Gasteiger partial charge on any atom is 0.241 e. The Bertz CT molecular complexity index is 365. The maximum absolute atomic E-state index is 11.5. The Labute approximate surface area is 95.9 Å². The molecule has 88 valence electrons. The van der Waals surface area contributed by atoms with E-state index >= 15 is 0 Å².